The zero-order valence-electron chi connectivity index (χ0n) is 12.1. The van der Waals surface area contributed by atoms with Gasteiger partial charge in [0.1, 0.15) is 4.34 Å². The van der Waals surface area contributed by atoms with Crippen LogP contribution in [0.15, 0.2) is 36.5 Å². The highest BCUT2D eigenvalue weighted by Gasteiger charge is 2.14. The molecule has 0 saturated heterocycles. The maximum atomic E-state index is 12.0. The topological polar surface area (TPSA) is 62.3 Å². The van der Waals surface area contributed by atoms with E-state index in [1.54, 1.807) is 0 Å². The summed E-state index contributed by atoms with van der Waals surface area (Å²) in [5.41, 5.74) is 1.13. The number of nitrogens with one attached hydrogen (secondary N) is 1. The smallest absolute Gasteiger partial charge is 0.245 e. The molecule has 116 valence electrons. The first-order valence-corrected chi connectivity index (χ1v) is 7.94. The van der Waals surface area contributed by atoms with Crippen molar-refractivity contribution in [3.05, 3.63) is 46.4 Å². The molecule has 2 amide bonds. The Hall–Kier alpha value is -1.92. The van der Waals surface area contributed by atoms with Crippen LogP contribution in [0.5, 0.6) is 0 Å². The highest BCUT2D eigenvalue weighted by Crippen LogP contribution is 2.22. The molecule has 1 N–H and O–H groups in total. The predicted molar refractivity (Wildman–Crippen MR) is 88.2 cm³/mol. The summed E-state index contributed by atoms with van der Waals surface area (Å²) < 4.78 is 0.503. The molecule has 7 heteroatoms. The molecule has 1 aromatic carbocycles. The second-order valence-electron chi connectivity index (χ2n) is 4.69. The third-order valence-corrected chi connectivity index (χ3v) is 4.05. The van der Waals surface area contributed by atoms with Gasteiger partial charge >= 0.3 is 0 Å². The van der Waals surface area contributed by atoms with Crippen LogP contribution in [0, 0.1) is 0 Å². The van der Waals surface area contributed by atoms with E-state index in [1.807, 2.05) is 30.3 Å². The molecule has 2 rings (SSSR count). The Labute approximate surface area is 137 Å². The summed E-state index contributed by atoms with van der Waals surface area (Å²) >= 11 is 6.94. The van der Waals surface area contributed by atoms with Gasteiger partial charge in [-0.25, -0.2) is 4.98 Å². The van der Waals surface area contributed by atoms with Gasteiger partial charge in [0.05, 0.1) is 12.7 Å². The third kappa shape index (κ3) is 5.13. The number of amides is 2. The molecule has 0 aliphatic heterocycles. The maximum Gasteiger partial charge on any atom is 0.245 e. The van der Waals surface area contributed by atoms with E-state index in [0.717, 1.165) is 5.56 Å². The quantitative estimate of drug-likeness (QED) is 0.881. The van der Waals surface area contributed by atoms with E-state index < -0.39 is 0 Å². The molecule has 0 unspecified atom stereocenters. The van der Waals surface area contributed by atoms with E-state index in [9.17, 15) is 9.59 Å². The molecular formula is C15H16ClN3O2S. The molecule has 0 spiro atoms. The van der Waals surface area contributed by atoms with Gasteiger partial charge in [-0.1, -0.05) is 53.3 Å². The van der Waals surface area contributed by atoms with Crippen molar-refractivity contribution in [3.8, 4) is 0 Å². The minimum Gasteiger partial charge on any atom is -0.333 e. The Morgan fingerprint density at radius 3 is 2.64 bits per heavy atom. The number of rotatable bonds is 6. The average Bonchev–Trinajstić information content (AvgIpc) is 2.89. The van der Waals surface area contributed by atoms with E-state index in [-0.39, 0.29) is 18.4 Å². The summed E-state index contributed by atoms with van der Waals surface area (Å²) in [5, 5.41) is 3.07. The summed E-state index contributed by atoms with van der Waals surface area (Å²) in [6, 6.07) is 9.84. The standard InChI is InChI=1S/C15H16ClN3O2S/c1-11(20)19(8-7-12-5-3-2-4-6-12)10-14(21)18-15-17-9-13(16)22-15/h2-6,9H,7-8,10H2,1H3,(H,17,18,21). The molecule has 0 bridgehead atoms. The van der Waals surface area contributed by atoms with E-state index in [1.165, 1.54) is 29.4 Å². The molecule has 1 heterocycles. The SMILES string of the molecule is CC(=O)N(CCc1ccccc1)CC(=O)Nc1ncc(Cl)s1. The lowest BCUT2D eigenvalue weighted by atomic mass is 10.1. The van der Waals surface area contributed by atoms with Gasteiger partial charge in [0.15, 0.2) is 5.13 Å². The fraction of sp³-hybridized carbons (Fsp3) is 0.267. The van der Waals surface area contributed by atoms with Crippen LogP contribution in [0.1, 0.15) is 12.5 Å². The van der Waals surface area contributed by atoms with Crippen molar-refractivity contribution < 1.29 is 9.59 Å². The average molecular weight is 338 g/mol. The van der Waals surface area contributed by atoms with Crippen molar-refractivity contribution in [2.75, 3.05) is 18.4 Å². The number of carbonyl (C=O) groups is 2. The monoisotopic (exact) mass is 337 g/mol. The number of thiazole rings is 1. The van der Waals surface area contributed by atoms with E-state index in [0.29, 0.717) is 22.4 Å². The molecule has 2 aromatic rings. The Kier molecular flexibility index (Phi) is 5.91. The Morgan fingerprint density at radius 1 is 1.32 bits per heavy atom. The first-order valence-electron chi connectivity index (χ1n) is 6.75. The van der Waals surface area contributed by atoms with Crippen molar-refractivity contribution in [2.24, 2.45) is 0 Å². The van der Waals surface area contributed by atoms with Crippen LogP contribution in [-0.2, 0) is 16.0 Å². The van der Waals surface area contributed by atoms with Crippen molar-refractivity contribution in [2.45, 2.75) is 13.3 Å². The highest BCUT2D eigenvalue weighted by molar-refractivity contribution is 7.19. The van der Waals surface area contributed by atoms with E-state index in [4.69, 9.17) is 11.6 Å². The molecule has 0 fully saturated rings. The Balaban J connectivity index is 1.88. The number of halogens is 1. The van der Waals surface area contributed by atoms with Crippen molar-refractivity contribution in [1.82, 2.24) is 9.88 Å². The largest absolute Gasteiger partial charge is 0.333 e. The fourth-order valence-electron chi connectivity index (χ4n) is 1.90. The number of anilines is 1. The zero-order valence-corrected chi connectivity index (χ0v) is 13.7. The van der Waals surface area contributed by atoms with Gasteiger partial charge in [-0.3, -0.25) is 9.59 Å². The first kappa shape index (κ1) is 16.5. The van der Waals surface area contributed by atoms with Crippen LogP contribution in [-0.4, -0.2) is 34.8 Å². The van der Waals surface area contributed by atoms with Crippen LogP contribution in [0.25, 0.3) is 0 Å². The lowest BCUT2D eigenvalue weighted by Crippen LogP contribution is -2.37. The molecule has 5 nitrogen and oxygen atoms in total. The van der Waals surface area contributed by atoms with Gasteiger partial charge in [0.25, 0.3) is 0 Å². The number of hydrogen-bond acceptors (Lipinski definition) is 4. The van der Waals surface area contributed by atoms with Crippen LogP contribution < -0.4 is 5.32 Å². The maximum absolute atomic E-state index is 12.0. The number of aromatic nitrogens is 1. The minimum absolute atomic E-state index is 0.000629. The van der Waals surface area contributed by atoms with E-state index >= 15 is 0 Å². The fourth-order valence-corrected chi connectivity index (χ4v) is 2.73. The van der Waals surface area contributed by atoms with E-state index in [2.05, 4.69) is 10.3 Å². The van der Waals surface area contributed by atoms with Gasteiger partial charge in [0, 0.05) is 13.5 Å². The molecule has 0 atom stereocenters. The van der Waals surface area contributed by atoms with Crippen LogP contribution in [0.3, 0.4) is 0 Å². The zero-order chi connectivity index (χ0) is 15.9. The summed E-state index contributed by atoms with van der Waals surface area (Å²) in [6.07, 6.45) is 2.18. The van der Waals surface area contributed by atoms with Gasteiger partial charge in [-0.05, 0) is 12.0 Å². The van der Waals surface area contributed by atoms with Crippen LogP contribution in [0.2, 0.25) is 4.34 Å². The van der Waals surface area contributed by atoms with Gasteiger partial charge < -0.3 is 10.2 Å². The summed E-state index contributed by atoms with van der Waals surface area (Å²) in [4.78, 5) is 29.1. The number of hydrogen-bond donors (Lipinski definition) is 1. The van der Waals surface area contributed by atoms with Gasteiger partial charge in [-0.2, -0.15) is 0 Å². The highest BCUT2D eigenvalue weighted by atomic mass is 35.5. The molecule has 1 aromatic heterocycles. The van der Waals surface area contributed by atoms with Crippen LogP contribution in [0.4, 0.5) is 5.13 Å². The second-order valence-corrected chi connectivity index (χ2v) is 6.36. The molecule has 0 aliphatic carbocycles. The summed E-state index contributed by atoms with van der Waals surface area (Å²) in [6.45, 7) is 1.95. The summed E-state index contributed by atoms with van der Waals surface area (Å²) in [7, 11) is 0. The summed E-state index contributed by atoms with van der Waals surface area (Å²) in [5.74, 6) is -0.419. The molecule has 0 radical (unpaired) electrons. The van der Waals surface area contributed by atoms with Crippen molar-refractivity contribution >= 4 is 39.9 Å². The molecule has 22 heavy (non-hydrogen) atoms. The predicted octanol–water partition coefficient (Wildman–Crippen LogP) is 2.83. The number of nitrogens with zero attached hydrogens (tertiary/aromatic N) is 2. The van der Waals surface area contributed by atoms with Crippen LogP contribution >= 0.6 is 22.9 Å². The molecule has 0 aliphatic rings. The second kappa shape index (κ2) is 7.91. The molecular weight excluding hydrogens is 322 g/mol. The molecule has 0 saturated carbocycles. The van der Waals surface area contributed by atoms with Crippen molar-refractivity contribution in [3.63, 3.8) is 0 Å². The first-order chi connectivity index (χ1) is 10.5. The van der Waals surface area contributed by atoms with Gasteiger partial charge in [0.2, 0.25) is 11.8 Å². The Morgan fingerprint density at radius 2 is 2.05 bits per heavy atom. The Bertz CT molecular complexity index is 645. The third-order valence-electron chi connectivity index (χ3n) is 3.02. The number of benzene rings is 1. The normalized spacial score (nSPS) is 10.3. The van der Waals surface area contributed by atoms with Gasteiger partial charge in [-0.15, -0.1) is 0 Å². The minimum atomic E-state index is -0.283. The lowest BCUT2D eigenvalue weighted by Gasteiger charge is -2.20. The number of carbonyl (C=O) groups excluding carboxylic acids is 2. The lowest BCUT2D eigenvalue weighted by molar-refractivity contribution is -0.132. The van der Waals surface area contributed by atoms with Crippen molar-refractivity contribution in [1.29, 1.82) is 0 Å².